The number of rotatable bonds is 2. The minimum atomic E-state index is -0.648. The summed E-state index contributed by atoms with van der Waals surface area (Å²) in [4.78, 5) is 8.10. The van der Waals surface area contributed by atoms with Gasteiger partial charge in [-0.15, -0.1) is 19.9 Å². The molecule has 0 aliphatic rings. The third kappa shape index (κ3) is 4.79. The molecule has 0 bridgehead atoms. The zero-order chi connectivity index (χ0) is 17.3. The van der Waals surface area contributed by atoms with Crippen LogP contribution in [0.5, 0.6) is 0 Å². The van der Waals surface area contributed by atoms with Crippen LogP contribution in [0.2, 0.25) is 0 Å². The van der Waals surface area contributed by atoms with Gasteiger partial charge in [0.05, 0.1) is 11.1 Å². The lowest BCUT2D eigenvalue weighted by molar-refractivity contribution is -0.465. The first-order chi connectivity index (χ1) is 9.80. The molecule has 0 aliphatic carbocycles. The lowest BCUT2D eigenvalue weighted by Gasteiger charge is -2.15. The van der Waals surface area contributed by atoms with E-state index in [1.54, 1.807) is 41.5 Å². The average Bonchev–Trinajstić information content (AvgIpc) is 2.23. The molecule has 4 N–H and O–H groups in total. The average molecular weight is 310 g/mol. The largest absolute Gasteiger partial charge is 0.691 e. The van der Waals surface area contributed by atoms with Gasteiger partial charge < -0.3 is 21.9 Å². The molecule has 0 aromatic carbocycles. The molecular formula is C12H22N8O2. The van der Waals surface area contributed by atoms with Crippen molar-refractivity contribution < 1.29 is 9.72 Å². The van der Waals surface area contributed by atoms with Gasteiger partial charge in [0, 0.05) is 4.98 Å². The van der Waals surface area contributed by atoms with Crippen LogP contribution in [0.15, 0.2) is 10.2 Å². The fraction of sp³-hybridized carbons (Fsp3) is 0.667. The maximum Gasteiger partial charge on any atom is 0.394 e. The molecular weight excluding hydrogens is 288 g/mol. The summed E-state index contributed by atoms with van der Waals surface area (Å²) < 4.78 is 0. The highest BCUT2D eigenvalue weighted by atomic mass is 16.5. The van der Waals surface area contributed by atoms with E-state index >= 15 is 0 Å². The molecule has 1 aromatic heterocycles. The predicted molar refractivity (Wildman–Crippen MR) is 81.8 cm³/mol. The molecule has 10 nitrogen and oxygen atoms in total. The third-order valence-corrected chi connectivity index (χ3v) is 2.05. The summed E-state index contributed by atoms with van der Waals surface area (Å²) in [7, 11) is 0. The number of nitrogen functional groups attached to an aromatic ring is 2. The molecule has 0 amide bonds. The van der Waals surface area contributed by atoms with E-state index in [4.69, 9.17) is 11.5 Å². The lowest BCUT2D eigenvalue weighted by Crippen LogP contribution is -2.17. The van der Waals surface area contributed by atoms with Crippen LogP contribution in [0, 0.1) is 10.4 Å². The smallest absolute Gasteiger partial charge is 0.394 e. The normalized spacial score (nSPS) is 14.3. The molecule has 0 unspecified atom stereocenters. The first-order valence-electron chi connectivity index (χ1n) is 6.63. The third-order valence-electron chi connectivity index (χ3n) is 2.05. The van der Waals surface area contributed by atoms with Crippen LogP contribution in [0.25, 0.3) is 0 Å². The Morgan fingerprint density at radius 3 is 1.36 bits per heavy atom. The molecule has 0 radical (unpaired) electrons. The molecule has 0 saturated heterocycles. The second kappa shape index (κ2) is 5.70. The molecule has 1 heterocycles. The predicted octanol–water partition coefficient (Wildman–Crippen LogP) is 2.43. The van der Waals surface area contributed by atoms with Crippen molar-refractivity contribution in [2.75, 3.05) is 11.5 Å². The molecule has 0 aliphatic heterocycles. The van der Waals surface area contributed by atoms with Crippen molar-refractivity contribution >= 4 is 23.3 Å². The van der Waals surface area contributed by atoms with Crippen molar-refractivity contribution in [3.8, 4) is 0 Å². The quantitative estimate of drug-likeness (QED) is 0.485. The number of hydrogen-bond acceptors (Lipinski definition) is 8. The van der Waals surface area contributed by atoms with E-state index < -0.39 is 11.1 Å². The Morgan fingerprint density at radius 2 is 1.09 bits per heavy atom. The topological polar surface area (TPSA) is 155 Å². The standard InChI is InChI=1S/C12H22N8O2/c1-11(2,3)17-19(21)9-7(13)15-8(14)10(16-9)20(22)18-12(4,5)6/h1-6H3,(H4,13,14,15)/b19-17-,20-18-. The highest BCUT2D eigenvalue weighted by molar-refractivity contribution is 5.58. The summed E-state index contributed by atoms with van der Waals surface area (Å²) in [5, 5.41) is 31.8. The Balaban J connectivity index is 3.44. The molecule has 1 aromatic rings. The molecule has 10 heteroatoms. The van der Waals surface area contributed by atoms with Gasteiger partial charge in [0.2, 0.25) is 11.6 Å². The van der Waals surface area contributed by atoms with Gasteiger partial charge >= 0.3 is 11.6 Å². The van der Waals surface area contributed by atoms with E-state index in [0.29, 0.717) is 0 Å². The fourth-order valence-electron chi connectivity index (χ4n) is 1.37. The summed E-state index contributed by atoms with van der Waals surface area (Å²) in [5.41, 5.74) is 9.97. The number of azo groups is 2. The van der Waals surface area contributed by atoms with E-state index in [0.717, 1.165) is 0 Å². The van der Waals surface area contributed by atoms with Crippen LogP contribution in [0.3, 0.4) is 0 Å². The van der Waals surface area contributed by atoms with Gasteiger partial charge in [-0.25, -0.2) is 0 Å². The van der Waals surface area contributed by atoms with Crippen molar-refractivity contribution in [2.45, 2.75) is 52.6 Å². The van der Waals surface area contributed by atoms with Crippen LogP contribution in [-0.2, 0) is 0 Å². The zero-order valence-corrected chi connectivity index (χ0v) is 13.7. The summed E-state index contributed by atoms with van der Waals surface area (Å²) in [6, 6.07) is 0. The van der Waals surface area contributed by atoms with E-state index in [1.165, 1.54) is 0 Å². The molecule has 1 rings (SSSR count). The number of hydrogen-bond donors (Lipinski definition) is 2. The van der Waals surface area contributed by atoms with Crippen LogP contribution < -0.4 is 11.5 Å². The molecule has 0 atom stereocenters. The second-order valence-corrected chi connectivity index (χ2v) is 6.73. The number of nitrogens with zero attached hydrogens (tertiary/aromatic N) is 6. The Kier molecular flexibility index (Phi) is 4.54. The van der Waals surface area contributed by atoms with Crippen LogP contribution >= 0.6 is 0 Å². The molecule has 0 spiro atoms. The molecule has 22 heavy (non-hydrogen) atoms. The summed E-state index contributed by atoms with van der Waals surface area (Å²) in [6.45, 7) is 10.4. The number of aromatic nitrogens is 2. The van der Waals surface area contributed by atoms with E-state index in [9.17, 15) is 10.4 Å². The highest BCUT2D eigenvalue weighted by Gasteiger charge is 2.25. The molecule has 0 fully saturated rings. The Bertz CT molecular complexity index is 574. The van der Waals surface area contributed by atoms with Gasteiger partial charge in [-0.1, -0.05) is 0 Å². The molecule has 0 saturated carbocycles. The zero-order valence-electron chi connectivity index (χ0n) is 13.7. The highest BCUT2D eigenvalue weighted by Crippen LogP contribution is 2.27. The summed E-state index contributed by atoms with van der Waals surface area (Å²) >= 11 is 0. The van der Waals surface area contributed by atoms with Gasteiger partial charge in [0.1, 0.15) is 0 Å². The maximum absolute atomic E-state index is 12.0. The van der Waals surface area contributed by atoms with Gasteiger partial charge in [0.15, 0.2) is 0 Å². The fourth-order valence-corrected chi connectivity index (χ4v) is 1.37. The van der Waals surface area contributed by atoms with Gasteiger partial charge in [0.25, 0.3) is 0 Å². The second-order valence-electron chi connectivity index (χ2n) is 6.73. The van der Waals surface area contributed by atoms with Gasteiger partial charge in [-0.2, -0.15) is 4.98 Å². The van der Waals surface area contributed by atoms with Gasteiger partial charge in [-0.05, 0) is 41.5 Å². The Morgan fingerprint density at radius 1 is 0.773 bits per heavy atom. The van der Waals surface area contributed by atoms with Crippen molar-refractivity contribution in [1.82, 2.24) is 9.97 Å². The van der Waals surface area contributed by atoms with Crippen molar-refractivity contribution in [1.29, 1.82) is 0 Å². The van der Waals surface area contributed by atoms with Crippen LogP contribution in [0.4, 0.5) is 23.3 Å². The first-order valence-corrected chi connectivity index (χ1v) is 6.63. The van der Waals surface area contributed by atoms with Gasteiger partial charge in [-0.3, -0.25) is 0 Å². The van der Waals surface area contributed by atoms with Crippen molar-refractivity contribution in [2.24, 2.45) is 10.2 Å². The van der Waals surface area contributed by atoms with Crippen molar-refractivity contribution in [3.63, 3.8) is 0 Å². The Hall–Kier alpha value is -2.52. The lowest BCUT2D eigenvalue weighted by atomic mass is 10.1. The number of nitrogens with two attached hydrogens (primary N) is 2. The maximum atomic E-state index is 12.0. The summed E-state index contributed by atoms with van der Waals surface area (Å²) in [5.74, 6) is -1.03. The Labute approximate surface area is 128 Å². The van der Waals surface area contributed by atoms with Crippen molar-refractivity contribution in [3.05, 3.63) is 10.4 Å². The molecule has 122 valence electrons. The monoisotopic (exact) mass is 310 g/mol. The van der Waals surface area contributed by atoms with E-state index in [-0.39, 0.29) is 33.0 Å². The van der Waals surface area contributed by atoms with E-state index in [2.05, 4.69) is 20.2 Å². The minimum absolute atomic E-state index is 0.214. The first kappa shape index (κ1) is 17.5. The summed E-state index contributed by atoms with van der Waals surface area (Å²) in [6.07, 6.45) is 0. The number of anilines is 2. The van der Waals surface area contributed by atoms with E-state index in [1.807, 2.05) is 0 Å². The SMILES string of the molecule is CC(C)(C)/N=[N+](\[O-])c1nc(/[N+]([O-])=N/C(C)(C)C)c(N)nc1N. The van der Waals surface area contributed by atoms with Crippen LogP contribution in [-0.4, -0.2) is 30.8 Å². The van der Waals surface area contributed by atoms with Crippen LogP contribution in [0.1, 0.15) is 41.5 Å². The minimum Gasteiger partial charge on any atom is -0.691 e.